The Morgan fingerprint density at radius 2 is 2.22 bits per heavy atom. The number of fused-ring (bicyclic) bond motifs is 1. The maximum absolute atomic E-state index is 5.98. The molecule has 1 aliphatic heterocycles. The second-order valence-corrected chi connectivity index (χ2v) is 4.75. The number of nitrogens with two attached hydrogens (primary N) is 1. The fourth-order valence-electron chi connectivity index (χ4n) is 2.75. The summed E-state index contributed by atoms with van der Waals surface area (Å²) >= 11 is 0. The van der Waals surface area contributed by atoms with Crippen molar-refractivity contribution in [3.05, 3.63) is 30.0 Å². The van der Waals surface area contributed by atoms with Crippen LogP contribution in [0.25, 0.3) is 11.3 Å². The monoisotopic (exact) mass is 242 g/mol. The van der Waals surface area contributed by atoms with Crippen molar-refractivity contribution in [3.63, 3.8) is 0 Å². The third kappa shape index (κ3) is 1.56. The molecule has 0 radical (unpaired) electrons. The number of likely N-dealkylation sites (N-methyl/N-ethyl adjacent to an activating group) is 1. The highest BCUT2D eigenvalue weighted by molar-refractivity contribution is 5.76. The molecule has 0 aliphatic carbocycles. The number of nitrogen functional groups attached to an aromatic ring is 1. The van der Waals surface area contributed by atoms with Crippen molar-refractivity contribution in [2.75, 3.05) is 23.7 Å². The number of aromatic nitrogens is 2. The summed E-state index contributed by atoms with van der Waals surface area (Å²) in [6.07, 6.45) is 2.83. The highest BCUT2D eigenvalue weighted by Gasteiger charge is 2.19. The van der Waals surface area contributed by atoms with Gasteiger partial charge in [-0.1, -0.05) is 6.07 Å². The molecule has 0 fully saturated rings. The summed E-state index contributed by atoms with van der Waals surface area (Å²) in [7, 11) is 1.93. The van der Waals surface area contributed by atoms with E-state index in [2.05, 4.69) is 35.1 Å². The van der Waals surface area contributed by atoms with E-state index in [1.54, 1.807) is 6.20 Å². The van der Waals surface area contributed by atoms with Crippen molar-refractivity contribution < 1.29 is 0 Å². The van der Waals surface area contributed by atoms with Crippen LogP contribution < -0.4 is 10.6 Å². The van der Waals surface area contributed by atoms with E-state index in [0.29, 0.717) is 0 Å². The van der Waals surface area contributed by atoms with Gasteiger partial charge in [0.25, 0.3) is 0 Å². The van der Waals surface area contributed by atoms with E-state index in [1.807, 2.05) is 11.7 Å². The minimum Gasteiger partial charge on any atom is -0.396 e. The third-order valence-electron chi connectivity index (χ3n) is 3.69. The summed E-state index contributed by atoms with van der Waals surface area (Å²) in [5, 5.41) is 4.20. The van der Waals surface area contributed by atoms with E-state index >= 15 is 0 Å². The van der Waals surface area contributed by atoms with Crippen LogP contribution in [0.2, 0.25) is 0 Å². The Labute approximate surface area is 107 Å². The SMILES string of the molecule is CCN1CCc2cc(-c3c(N)cnn3C)ccc21. The molecule has 0 spiro atoms. The van der Waals surface area contributed by atoms with Gasteiger partial charge >= 0.3 is 0 Å². The van der Waals surface area contributed by atoms with Gasteiger partial charge in [-0.15, -0.1) is 0 Å². The molecule has 3 rings (SSSR count). The number of anilines is 2. The van der Waals surface area contributed by atoms with Gasteiger partial charge in [-0.3, -0.25) is 4.68 Å². The Morgan fingerprint density at radius 3 is 2.89 bits per heavy atom. The first-order valence-corrected chi connectivity index (χ1v) is 6.36. The Kier molecular flexibility index (Phi) is 2.51. The fourth-order valence-corrected chi connectivity index (χ4v) is 2.75. The third-order valence-corrected chi connectivity index (χ3v) is 3.69. The summed E-state index contributed by atoms with van der Waals surface area (Å²) in [5.74, 6) is 0. The second-order valence-electron chi connectivity index (χ2n) is 4.75. The van der Waals surface area contributed by atoms with Gasteiger partial charge in [0.1, 0.15) is 0 Å². The number of aryl methyl sites for hydroxylation is 1. The Hall–Kier alpha value is -1.97. The van der Waals surface area contributed by atoms with E-state index in [4.69, 9.17) is 5.73 Å². The average molecular weight is 242 g/mol. The van der Waals surface area contributed by atoms with Gasteiger partial charge in [0, 0.05) is 31.4 Å². The number of hydrogen-bond donors (Lipinski definition) is 1. The minimum absolute atomic E-state index is 0.739. The molecule has 2 heterocycles. The zero-order valence-electron chi connectivity index (χ0n) is 10.8. The highest BCUT2D eigenvalue weighted by atomic mass is 15.3. The van der Waals surface area contributed by atoms with Gasteiger partial charge in [0.15, 0.2) is 0 Å². The zero-order chi connectivity index (χ0) is 12.7. The normalized spacial score (nSPS) is 14.0. The number of rotatable bonds is 2. The van der Waals surface area contributed by atoms with Crippen LogP contribution in [-0.2, 0) is 13.5 Å². The molecule has 4 nitrogen and oxygen atoms in total. The van der Waals surface area contributed by atoms with Crippen molar-refractivity contribution >= 4 is 11.4 Å². The number of nitrogens with zero attached hydrogens (tertiary/aromatic N) is 3. The molecular weight excluding hydrogens is 224 g/mol. The van der Waals surface area contributed by atoms with Gasteiger partial charge in [0.2, 0.25) is 0 Å². The first-order valence-electron chi connectivity index (χ1n) is 6.36. The molecule has 1 aromatic heterocycles. The van der Waals surface area contributed by atoms with Gasteiger partial charge in [-0.2, -0.15) is 5.10 Å². The molecular formula is C14H18N4. The standard InChI is InChI=1S/C14H18N4/c1-3-18-7-6-10-8-11(4-5-13(10)18)14-12(15)9-16-17(14)2/h4-5,8-9H,3,6-7,15H2,1-2H3. The van der Waals surface area contributed by atoms with Crippen LogP contribution in [0.5, 0.6) is 0 Å². The van der Waals surface area contributed by atoms with Crippen LogP contribution in [0.3, 0.4) is 0 Å². The highest BCUT2D eigenvalue weighted by Crippen LogP contribution is 2.33. The molecule has 0 atom stereocenters. The largest absolute Gasteiger partial charge is 0.396 e. The lowest BCUT2D eigenvalue weighted by molar-refractivity contribution is 0.776. The predicted molar refractivity (Wildman–Crippen MR) is 74.6 cm³/mol. The lowest BCUT2D eigenvalue weighted by Crippen LogP contribution is -2.18. The Balaban J connectivity index is 2.07. The quantitative estimate of drug-likeness (QED) is 0.876. The first kappa shape index (κ1) is 11.1. The topological polar surface area (TPSA) is 47.1 Å². The van der Waals surface area contributed by atoms with Crippen molar-refractivity contribution in [2.45, 2.75) is 13.3 Å². The molecule has 2 aromatic rings. The van der Waals surface area contributed by atoms with Crippen molar-refractivity contribution in [1.82, 2.24) is 9.78 Å². The summed E-state index contributed by atoms with van der Waals surface area (Å²) in [6, 6.07) is 6.59. The van der Waals surface area contributed by atoms with Gasteiger partial charge in [-0.25, -0.2) is 0 Å². The Bertz CT molecular complexity index is 566. The van der Waals surface area contributed by atoms with E-state index in [1.165, 1.54) is 11.3 Å². The van der Waals surface area contributed by atoms with Crippen LogP contribution in [0.1, 0.15) is 12.5 Å². The van der Waals surface area contributed by atoms with E-state index in [-0.39, 0.29) is 0 Å². The lowest BCUT2D eigenvalue weighted by Gasteiger charge is -2.16. The minimum atomic E-state index is 0.739. The Morgan fingerprint density at radius 1 is 1.39 bits per heavy atom. The molecule has 1 aromatic carbocycles. The molecule has 1 aliphatic rings. The molecule has 0 amide bonds. The van der Waals surface area contributed by atoms with Gasteiger partial charge < -0.3 is 10.6 Å². The van der Waals surface area contributed by atoms with Crippen LogP contribution in [-0.4, -0.2) is 22.9 Å². The maximum Gasteiger partial charge on any atom is 0.0908 e. The average Bonchev–Trinajstić information content (AvgIpc) is 2.92. The predicted octanol–water partition coefficient (Wildman–Crippen LogP) is 2.05. The lowest BCUT2D eigenvalue weighted by atomic mass is 10.1. The molecule has 0 saturated carbocycles. The summed E-state index contributed by atoms with van der Waals surface area (Å²) in [5.41, 5.74) is 11.7. The van der Waals surface area contributed by atoms with Crippen molar-refractivity contribution in [1.29, 1.82) is 0 Å². The van der Waals surface area contributed by atoms with E-state index in [9.17, 15) is 0 Å². The summed E-state index contributed by atoms with van der Waals surface area (Å²) in [4.78, 5) is 2.41. The molecule has 18 heavy (non-hydrogen) atoms. The summed E-state index contributed by atoms with van der Waals surface area (Å²) < 4.78 is 1.84. The molecule has 0 unspecified atom stereocenters. The first-order chi connectivity index (χ1) is 8.70. The molecule has 2 N–H and O–H groups in total. The molecule has 0 saturated heterocycles. The van der Waals surface area contributed by atoms with Crippen LogP contribution in [0.4, 0.5) is 11.4 Å². The van der Waals surface area contributed by atoms with Crippen molar-refractivity contribution in [2.24, 2.45) is 7.05 Å². The number of benzene rings is 1. The maximum atomic E-state index is 5.98. The van der Waals surface area contributed by atoms with E-state index in [0.717, 1.165) is 36.5 Å². The van der Waals surface area contributed by atoms with Gasteiger partial charge in [-0.05, 0) is 31.0 Å². The second kappa shape index (κ2) is 4.05. The summed E-state index contributed by atoms with van der Waals surface area (Å²) in [6.45, 7) is 4.39. The van der Waals surface area contributed by atoms with Crippen LogP contribution in [0, 0.1) is 0 Å². The smallest absolute Gasteiger partial charge is 0.0908 e. The zero-order valence-corrected chi connectivity index (χ0v) is 10.8. The van der Waals surface area contributed by atoms with Crippen LogP contribution in [0.15, 0.2) is 24.4 Å². The number of hydrogen-bond acceptors (Lipinski definition) is 3. The van der Waals surface area contributed by atoms with Crippen LogP contribution >= 0.6 is 0 Å². The van der Waals surface area contributed by atoms with Gasteiger partial charge in [0.05, 0.1) is 17.6 Å². The molecule has 4 heteroatoms. The molecule has 94 valence electrons. The fraction of sp³-hybridized carbons (Fsp3) is 0.357. The van der Waals surface area contributed by atoms with Crippen molar-refractivity contribution in [3.8, 4) is 11.3 Å². The molecule has 0 bridgehead atoms. The van der Waals surface area contributed by atoms with E-state index < -0.39 is 0 Å².